The van der Waals surface area contributed by atoms with E-state index in [-0.39, 0.29) is 11.1 Å². The summed E-state index contributed by atoms with van der Waals surface area (Å²) < 4.78 is 27.9. The SMILES string of the molecule is CC(C)(CN)c1cccc(C2=NN(c3ccc(F)cc3F)C(O)c3ccccc32)c1. The number of aliphatic hydroxyl groups is 1. The maximum absolute atomic E-state index is 14.5. The summed E-state index contributed by atoms with van der Waals surface area (Å²) in [6.07, 6.45) is -1.20. The van der Waals surface area contributed by atoms with Gasteiger partial charge >= 0.3 is 0 Å². The fourth-order valence-electron chi connectivity index (χ4n) is 3.56. The van der Waals surface area contributed by atoms with Gasteiger partial charge in [-0.25, -0.2) is 13.8 Å². The van der Waals surface area contributed by atoms with E-state index in [4.69, 9.17) is 5.73 Å². The number of aliphatic hydroxyl groups excluding tert-OH is 1. The highest BCUT2D eigenvalue weighted by Crippen LogP contribution is 2.35. The minimum atomic E-state index is -1.20. The minimum Gasteiger partial charge on any atom is -0.368 e. The third-order valence-electron chi connectivity index (χ3n) is 5.52. The third kappa shape index (κ3) is 3.49. The molecule has 0 bridgehead atoms. The van der Waals surface area contributed by atoms with Gasteiger partial charge in [0.2, 0.25) is 0 Å². The molecule has 1 atom stereocenters. The monoisotopic (exact) mass is 407 g/mol. The Kier molecular flexibility index (Phi) is 5.13. The average molecular weight is 407 g/mol. The fourth-order valence-corrected chi connectivity index (χ4v) is 3.56. The second kappa shape index (κ2) is 7.63. The molecule has 0 radical (unpaired) electrons. The fraction of sp³-hybridized carbons (Fsp3) is 0.208. The van der Waals surface area contributed by atoms with Crippen LogP contribution in [0.25, 0.3) is 0 Å². The van der Waals surface area contributed by atoms with Crippen LogP contribution in [0.5, 0.6) is 0 Å². The van der Waals surface area contributed by atoms with E-state index < -0.39 is 17.9 Å². The van der Waals surface area contributed by atoms with Crippen LogP contribution in [0.4, 0.5) is 14.5 Å². The highest BCUT2D eigenvalue weighted by molar-refractivity contribution is 6.15. The molecule has 3 N–H and O–H groups in total. The van der Waals surface area contributed by atoms with Crippen molar-refractivity contribution in [3.05, 3.63) is 101 Å². The zero-order valence-electron chi connectivity index (χ0n) is 16.8. The Morgan fingerprint density at radius 2 is 1.80 bits per heavy atom. The number of hydrogen-bond acceptors (Lipinski definition) is 4. The largest absolute Gasteiger partial charge is 0.368 e. The van der Waals surface area contributed by atoms with E-state index in [0.717, 1.165) is 28.8 Å². The van der Waals surface area contributed by atoms with Gasteiger partial charge in [0.1, 0.15) is 5.82 Å². The number of halogens is 2. The van der Waals surface area contributed by atoms with Crippen molar-refractivity contribution in [2.75, 3.05) is 11.6 Å². The van der Waals surface area contributed by atoms with Crippen LogP contribution in [0, 0.1) is 11.6 Å². The molecule has 0 fully saturated rings. The first-order valence-electron chi connectivity index (χ1n) is 9.73. The molecule has 0 saturated heterocycles. The maximum Gasteiger partial charge on any atom is 0.174 e. The first-order valence-corrected chi connectivity index (χ1v) is 9.73. The molecule has 1 unspecified atom stereocenters. The van der Waals surface area contributed by atoms with Crippen LogP contribution >= 0.6 is 0 Å². The van der Waals surface area contributed by atoms with Crippen LogP contribution in [-0.4, -0.2) is 17.4 Å². The summed E-state index contributed by atoms with van der Waals surface area (Å²) in [6, 6.07) is 18.4. The molecule has 1 aliphatic heterocycles. The Balaban J connectivity index is 1.90. The van der Waals surface area contributed by atoms with Crippen LogP contribution in [0.2, 0.25) is 0 Å². The van der Waals surface area contributed by atoms with Gasteiger partial charge in [0.15, 0.2) is 12.0 Å². The lowest BCUT2D eigenvalue weighted by molar-refractivity contribution is 0.169. The first-order chi connectivity index (χ1) is 14.3. The topological polar surface area (TPSA) is 61.8 Å². The summed E-state index contributed by atoms with van der Waals surface area (Å²) in [5.74, 6) is -1.49. The standard InChI is InChI=1S/C24H23F2N3O/c1-24(2,14-27)16-7-5-6-15(12-16)22-18-8-3-4-9-19(18)23(30)29(28-22)21-11-10-17(25)13-20(21)26/h3-13,23,30H,14,27H2,1-2H3. The Morgan fingerprint density at radius 1 is 1.03 bits per heavy atom. The van der Waals surface area contributed by atoms with Crippen molar-refractivity contribution in [1.82, 2.24) is 0 Å². The number of hydrogen-bond donors (Lipinski definition) is 2. The maximum atomic E-state index is 14.5. The van der Waals surface area contributed by atoms with E-state index in [9.17, 15) is 13.9 Å². The van der Waals surface area contributed by atoms with Crippen molar-refractivity contribution >= 4 is 11.4 Å². The van der Waals surface area contributed by atoms with E-state index in [1.54, 1.807) is 12.1 Å². The summed E-state index contributed by atoms with van der Waals surface area (Å²) in [5, 5.41) is 16.7. The zero-order valence-corrected chi connectivity index (χ0v) is 16.8. The molecule has 3 aromatic carbocycles. The Bertz CT molecular complexity index is 1130. The van der Waals surface area contributed by atoms with Crippen LogP contribution in [0.15, 0.2) is 71.8 Å². The predicted octanol–water partition coefficient (Wildman–Crippen LogP) is 4.46. The van der Waals surface area contributed by atoms with Gasteiger partial charge < -0.3 is 10.8 Å². The van der Waals surface area contributed by atoms with Gasteiger partial charge in [0.25, 0.3) is 0 Å². The number of nitrogens with two attached hydrogens (primary N) is 1. The Labute approximate surface area is 174 Å². The molecule has 4 nitrogen and oxygen atoms in total. The highest BCUT2D eigenvalue weighted by Gasteiger charge is 2.31. The lowest BCUT2D eigenvalue weighted by Crippen LogP contribution is -2.32. The van der Waals surface area contributed by atoms with Crippen molar-refractivity contribution in [3.8, 4) is 0 Å². The van der Waals surface area contributed by atoms with Gasteiger partial charge in [-0.3, -0.25) is 0 Å². The van der Waals surface area contributed by atoms with Crippen LogP contribution < -0.4 is 10.7 Å². The summed E-state index contributed by atoms with van der Waals surface area (Å²) in [5.41, 5.74) is 9.52. The third-order valence-corrected chi connectivity index (χ3v) is 5.52. The number of rotatable bonds is 4. The molecule has 3 aromatic rings. The molecule has 0 aromatic heterocycles. The molecule has 0 aliphatic carbocycles. The molecule has 154 valence electrons. The lowest BCUT2D eigenvalue weighted by Gasteiger charge is -2.33. The van der Waals surface area contributed by atoms with E-state index in [1.807, 2.05) is 36.4 Å². The van der Waals surface area contributed by atoms with Crippen molar-refractivity contribution in [1.29, 1.82) is 0 Å². The second-order valence-electron chi connectivity index (χ2n) is 8.02. The summed E-state index contributed by atoms with van der Waals surface area (Å²) >= 11 is 0. The Morgan fingerprint density at radius 3 is 2.53 bits per heavy atom. The van der Waals surface area contributed by atoms with E-state index in [1.165, 1.54) is 11.1 Å². The average Bonchev–Trinajstić information content (AvgIpc) is 2.75. The molecule has 0 spiro atoms. The molecule has 1 aliphatic rings. The zero-order chi connectivity index (χ0) is 21.5. The molecule has 1 heterocycles. The number of fused-ring (bicyclic) bond motifs is 1. The highest BCUT2D eigenvalue weighted by atomic mass is 19.1. The molecule has 4 rings (SSSR count). The smallest absolute Gasteiger partial charge is 0.174 e. The quantitative estimate of drug-likeness (QED) is 0.671. The van der Waals surface area contributed by atoms with Crippen molar-refractivity contribution in [2.45, 2.75) is 25.5 Å². The molecular weight excluding hydrogens is 384 g/mol. The predicted molar refractivity (Wildman–Crippen MR) is 114 cm³/mol. The Hall–Kier alpha value is -3.09. The summed E-state index contributed by atoms with van der Waals surface area (Å²) in [7, 11) is 0. The number of anilines is 1. The first kappa shape index (κ1) is 20.2. The number of hydrazone groups is 1. The molecule has 30 heavy (non-hydrogen) atoms. The van der Waals surface area contributed by atoms with Gasteiger partial charge in [0.05, 0.1) is 11.4 Å². The van der Waals surface area contributed by atoms with Crippen LogP contribution in [0.1, 0.15) is 42.3 Å². The van der Waals surface area contributed by atoms with Gasteiger partial charge in [-0.1, -0.05) is 56.3 Å². The van der Waals surface area contributed by atoms with E-state index >= 15 is 0 Å². The van der Waals surface area contributed by atoms with Crippen LogP contribution in [0.3, 0.4) is 0 Å². The molecular formula is C24H23F2N3O. The van der Waals surface area contributed by atoms with Crippen molar-refractivity contribution < 1.29 is 13.9 Å². The normalized spacial score (nSPS) is 16.3. The molecule has 0 amide bonds. The molecule has 6 heteroatoms. The molecule has 0 saturated carbocycles. The second-order valence-corrected chi connectivity index (χ2v) is 8.02. The van der Waals surface area contributed by atoms with Crippen molar-refractivity contribution in [3.63, 3.8) is 0 Å². The number of nitrogens with zero attached hydrogens (tertiary/aromatic N) is 2. The van der Waals surface area contributed by atoms with Crippen LogP contribution in [-0.2, 0) is 5.41 Å². The van der Waals surface area contributed by atoms with Crippen molar-refractivity contribution in [2.24, 2.45) is 10.8 Å². The summed E-state index contributed by atoms with van der Waals surface area (Å²) in [6.45, 7) is 4.60. The van der Waals surface area contributed by atoms with Gasteiger partial charge in [-0.05, 0) is 23.8 Å². The van der Waals surface area contributed by atoms with E-state index in [0.29, 0.717) is 17.8 Å². The van der Waals surface area contributed by atoms with Gasteiger partial charge in [-0.2, -0.15) is 5.10 Å². The minimum absolute atomic E-state index is 0.00524. The lowest BCUT2D eigenvalue weighted by atomic mass is 9.83. The number of benzene rings is 3. The summed E-state index contributed by atoms with van der Waals surface area (Å²) in [4.78, 5) is 0. The van der Waals surface area contributed by atoms with Gasteiger partial charge in [-0.15, -0.1) is 0 Å². The van der Waals surface area contributed by atoms with Gasteiger partial charge in [0, 0.05) is 34.7 Å². The van der Waals surface area contributed by atoms with E-state index in [2.05, 4.69) is 18.9 Å².